The van der Waals surface area contributed by atoms with Crippen molar-refractivity contribution in [1.29, 1.82) is 0 Å². The minimum absolute atomic E-state index is 0.176. The normalized spacial score (nSPS) is 11.2. The number of aromatic nitrogens is 2. The number of hydrogen-bond donors (Lipinski definition) is 1. The molecule has 0 spiro atoms. The van der Waals surface area contributed by atoms with Gasteiger partial charge in [0.2, 0.25) is 5.89 Å². The summed E-state index contributed by atoms with van der Waals surface area (Å²) in [6, 6.07) is 7.06. The highest BCUT2D eigenvalue weighted by Crippen LogP contribution is 2.27. The molecular formula is C25H40N2O2. The molecule has 0 saturated carbocycles. The van der Waals surface area contributed by atoms with Gasteiger partial charge in [-0.2, -0.15) is 0 Å². The number of nitrogens with zero attached hydrogens (tertiary/aromatic N) is 2. The maximum atomic E-state index is 9.86. The Kier molecular flexibility index (Phi) is 12.2. The number of phenolic OH excluding ortho intramolecular Hbond substituents is 1. The highest BCUT2D eigenvalue weighted by atomic mass is 16.4. The zero-order valence-electron chi connectivity index (χ0n) is 18.4. The van der Waals surface area contributed by atoms with E-state index in [0.717, 1.165) is 12.8 Å². The maximum absolute atomic E-state index is 9.86. The van der Waals surface area contributed by atoms with E-state index in [4.69, 9.17) is 4.42 Å². The van der Waals surface area contributed by atoms with Crippen molar-refractivity contribution in [3.63, 3.8) is 0 Å². The second kappa shape index (κ2) is 15.1. The lowest BCUT2D eigenvalue weighted by molar-refractivity contribution is 0.464. The number of benzene rings is 1. The highest BCUT2D eigenvalue weighted by molar-refractivity contribution is 5.61. The predicted molar refractivity (Wildman–Crippen MR) is 120 cm³/mol. The monoisotopic (exact) mass is 400 g/mol. The molecule has 1 N–H and O–H groups in total. The Morgan fingerprint density at radius 1 is 0.690 bits per heavy atom. The van der Waals surface area contributed by atoms with Gasteiger partial charge in [0.25, 0.3) is 5.89 Å². The van der Waals surface area contributed by atoms with Crippen LogP contribution in [0.15, 0.2) is 28.7 Å². The fourth-order valence-electron chi connectivity index (χ4n) is 3.77. The molecule has 162 valence electrons. The molecule has 0 atom stereocenters. The zero-order valence-corrected chi connectivity index (χ0v) is 18.4. The molecule has 0 amide bonds. The van der Waals surface area contributed by atoms with Gasteiger partial charge in [0.15, 0.2) is 0 Å². The van der Waals surface area contributed by atoms with Gasteiger partial charge in [-0.25, -0.2) is 0 Å². The smallest absolute Gasteiger partial charge is 0.251 e. The third-order valence-electron chi connectivity index (χ3n) is 5.60. The average molecular weight is 401 g/mol. The number of aryl methyl sites for hydroxylation is 1. The predicted octanol–water partition coefficient (Wildman–Crippen LogP) is 7.86. The number of aromatic hydroxyl groups is 1. The Bertz CT molecular complexity index is 654. The molecule has 0 bridgehead atoms. The number of unbranched alkanes of at least 4 members (excludes halogenated alkanes) is 14. The quantitative estimate of drug-likeness (QED) is 0.275. The SMILES string of the molecule is CCCCCCCCCCCCCCCCCc1nnc(-c2ccccc2O)o1. The van der Waals surface area contributed by atoms with Crippen LogP contribution >= 0.6 is 0 Å². The number of para-hydroxylation sites is 1. The summed E-state index contributed by atoms with van der Waals surface area (Å²) in [7, 11) is 0. The third-order valence-corrected chi connectivity index (χ3v) is 5.60. The second-order valence-corrected chi connectivity index (χ2v) is 8.22. The summed E-state index contributed by atoms with van der Waals surface area (Å²) in [4.78, 5) is 0. The molecule has 1 aromatic heterocycles. The fraction of sp³-hybridized carbons (Fsp3) is 0.680. The molecule has 2 rings (SSSR count). The van der Waals surface area contributed by atoms with Crippen molar-refractivity contribution in [2.24, 2.45) is 0 Å². The fourth-order valence-corrected chi connectivity index (χ4v) is 3.77. The first-order valence-electron chi connectivity index (χ1n) is 11.9. The molecule has 4 nitrogen and oxygen atoms in total. The van der Waals surface area contributed by atoms with Gasteiger partial charge in [0.05, 0.1) is 5.56 Å². The molecular weight excluding hydrogens is 360 g/mol. The molecule has 1 heterocycles. The number of rotatable bonds is 17. The van der Waals surface area contributed by atoms with E-state index < -0.39 is 0 Å². The van der Waals surface area contributed by atoms with Crippen molar-refractivity contribution >= 4 is 0 Å². The topological polar surface area (TPSA) is 59.2 Å². The Labute approximate surface area is 177 Å². The summed E-state index contributed by atoms with van der Waals surface area (Å²) < 4.78 is 5.69. The molecule has 0 fully saturated rings. The molecule has 1 aromatic carbocycles. The van der Waals surface area contributed by atoms with E-state index >= 15 is 0 Å². The van der Waals surface area contributed by atoms with Gasteiger partial charge >= 0.3 is 0 Å². The highest BCUT2D eigenvalue weighted by Gasteiger charge is 2.11. The van der Waals surface area contributed by atoms with E-state index in [1.165, 1.54) is 89.9 Å². The van der Waals surface area contributed by atoms with Crippen molar-refractivity contribution in [2.45, 2.75) is 110 Å². The van der Waals surface area contributed by atoms with E-state index in [1.54, 1.807) is 18.2 Å². The van der Waals surface area contributed by atoms with Gasteiger partial charge in [0, 0.05) is 6.42 Å². The molecule has 4 heteroatoms. The van der Waals surface area contributed by atoms with Crippen LogP contribution in [0.25, 0.3) is 11.5 Å². The molecule has 29 heavy (non-hydrogen) atoms. The van der Waals surface area contributed by atoms with Gasteiger partial charge in [-0.15, -0.1) is 10.2 Å². The molecule has 0 radical (unpaired) electrons. The molecule has 0 aliphatic heterocycles. The van der Waals surface area contributed by atoms with Crippen LogP contribution in [-0.2, 0) is 6.42 Å². The van der Waals surface area contributed by atoms with E-state index in [-0.39, 0.29) is 5.75 Å². The van der Waals surface area contributed by atoms with Crippen LogP contribution in [0, 0.1) is 0 Å². The van der Waals surface area contributed by atoms with Gasteiger partial charge in [0.1, 0.15) is 5.75 Å². The Balaban J connectivity index is 1.41. The first-order chi connectivity index (χ1) is 14.3. The van der Waals surface area contributed by atoms with E-state index in [1.807, 2.05) is 6.07 Å². The molecule has 0 aliphatic carbocycles. The minimum Gasteiger partial charge on any atom is -0.507 e. The minimum atomic E-state index is 0.176. The summed E-state index contributed by atoms with van der Waals surface area (Å²) >= 11 is 0. The summed E-state index contributed by atoms with van der Waals surface area (Å²) in [5, 5.41) is 18.0. The lowest BCUT2D eigenvalue weighted by atomic mass is 10.0. The summed E-state index contributed by atoms with van der Waals surface area (Å²) in [6.45, 7) is 2.28. The summed E-state index contributed by atoms with van der Waals surface area (Å²) in [5.74, 6) is 1.24. The van der Waals surface area contributed by atoms with Gasteiger partial charge in [-0.1, -0.05) is 109 Å². The van der Waals surface area contributed by atoms with Crippen molar-refractivity contribution in [1.82, 2.24) is 10.2 Å². The van der Waals surface area contributed by atoms with Crippen LogP contribution in [0.4, 0.5) is 0 Å². The van der Waals surface area contributed by atoms with Gasteiger partial charge < -0.3 is 9.52 Å². The standard InChI is InChI=1S/C25H40N2O2/c1-2-3-4-5-6-7-8-9-10-11-12-13-14-15-16-21-24-26-27-25(29-24)22-19-17-18-20-23(22)28/h17-20,28H,2-16,21H2,1H3. The van der Waals surface area contributed by atoms with Crippen LogP contribution in [-0.4, -0.2) is 15.3 Å². The lowest BCUT2D eigenvalue weighted by Crippen LogP contribution is -1.87. The van der Waals surface area contributed by atoms with Gasteiger partial charge in [-0.05, 0) is 18.6 Å². The van der Waals surface area contributed by atoms with Crippen LogP contribution in [0.5, 0.6) is 5.75 Å². The van der Waals surface area contributed by atoms with Crippen LogP contribution in [0.1, 0.15) is 109 Å². The summed E-state index contributed by atoms with van der Waals surface area (Å²) in [6.07, 6.45) is 21.3. The lowest BCUT2D eigenvalue weighted by Gasteiger charge is -2.03. The zero-order chi connectivity index (χ0) is 20.6. The van der Waals surface area contributed by atoms with Crippen LogP contribution in [0.2, 0.25) is 0 Å². The van der Waals surface area contributed by atoms with Crippen molar-refractivity contribution in [2.75, 3.05) is 0 Å². The largest absolute Gasteiger partial charge is 0.507 e. The van der Waals surface area contributed by atoms with Crippen molar-refractivity contribution in [3.8, 4) is 17.2 Å². The van der Waals surface area contributed by atoms with E-state index in [2.05, 4.69) is 17.1 Å². The van der Waals surface area contributed by atoms with E-state index in [0.29, 0.717) is 17.3 Å². The van der Waals surface area contributed by atoms with Gasteiger partial charge in [-0.3, -0.25) is 0 Å². The first-order valence-corrected chi connectivity index (χ1v) is 11.9. The average Bonchev–Trinajstić information content (AvgIpc) is 3.20. The summed E-state index contributed by atoms with van der Waals surface area (Å²) in [5.41, 5.74) is 0.600. The maximum Gasteiger partial charge on any atom is 0.251 e. The van der Waals surface area contributed by atoms with Crippen molar-refractivity contribution < 1.29 is 9.52 Å². The first kappa shape index (κ1) is 23.4. The molecule has 0 saturated heterocycles. The third kappa shape index (κ3) is 9.96. The Hall–Kier alpha value is -1.84. The Morgan fingerprint density at radius 3 is 1.76 bits per heavy atom. The second-order valence-electron chi connectivity index (χ2n) is 8.22. The van der Waals surface area contributed by atoms with Crippen LogP contribution in [0.3, 0.4) is 0 Å². The number of hydrogen-bond acceptors (Lipinski definition) is 4. The van der Waals surface area contributed by atoms with Crippen LogP contribution < -0.4 is 0 Å². The Morgan fingerprint density at radius 2 is 1.21 bits per heavy atom. The molecule has 0 aliphatic rings. The molecule has 0 unspecified atom stereocenters. The van der Waals surface area contributed by atoms with E-state index in [9.17, 15) is 5.11 Å². The van der Waals surface area contributed by atoms with Crippen molar-refractivity contribution in [3.05, 3.63) is 30.2 Å². The number of phenols is 1. The molecule has 2 aromatic rings.